The van der Waals surface area contributed by atoms with Crippen molar-refractivity contribution in [2.75, 3.05) is 5.32 Å². The Morgan fingerprint density at radius 1 is 1.16 bits per heavy atom. The molecule has 0 aliphatic carbocycles. The highest BCUT2D eigenvalue weighted by atomic mass is 35.5. The molecule has 164 valence electrons. The second kappa shape index (κ2) is 9.39. The van der Waals surface area contributed by atoms with Crippen LogP contribution in [0.1, 0.15) is 39.7 Å². The van der Waals surface area contributed by atoms with Crippen LogP contribution in [0.15, 0.2) is 48.7 Å². The molecule has 0 radical (unpaired) electrons. The molecule has 0 aliphatic rings. The SMILES string of the molecule is CCC(Cc1ccc(Cl)cc1)C(=O)On1ncc2c(NC(=O)OC(C)(C)C)cccc21. The lowest BCUT2D eigenvalue weighted by molar-refractivity contribution is -0.150. The van der Waals surface area contributed by atoms with E-state index in [0.717, 1.165) is 5.56 Å². The zero-order valence-corrected chi connectivity index (χ0v) is 18.8. The molecule has 1 unspecified atom stereocenters. The highest BCUT2D eigenvalue weighted by Crippen LogP contribution is 2.24. The van der Waals surface area contributed by atoms with Crippen molar-refractivity contribution in [2.24, 2.45) is 5.92 Å². The van der Waals surface area contributed by atoms with Gasteiger partial charge >= 0.3 is 12.1 Å². The Bertz CT molecular complexity index is 1070. The number of amides is 1. The summed E-state index contributed by atoms with van der Waals surface area (Å²) in [7, 11) is 0. The van der Waals surface area contributed by atoms with Crippen molar-refractivity contribution in [1.29, 1.82) is 0 Å². The summed E-state index contributed by atoms with van der Waals surface area (Å²) in [5.41, 5.74) is 1.46. The zero-order valence-electron chi connectivity index (χ0n) is 18.0. The van der Waals surface area contributed by atoms with Crippen molar-refractivity contribution in [3.8, 4) is 0 Å². The number of rotatable bonds is 6. The molecule has 1 heterocycles. The number of nitrogens with zero attached hydrogens (tertiary/aromatic N) is 2. The molecule has 1 amide bonds. The Labute approximate surface area is 186 Å². The zero-order chi connectivity index (χ0) is 22.6. The molecule has 1 atom stereocenters. The fourth-order valence-electron chi connectivity index (χ4n) is 3.08. The molecule has 0 fully saturated rings. The highest BCUT2D eigenvalue weighted by molar-refractivity contribution is 6.30. The predicted molar refractivity (Wildman–Crippen MR) is 120 cm³/mol. The Morgan fingerprint density at radius 2 is 1.87 bits per heavy atom. The van der Waals surface area contributed by atoms with Gasteiger partial charge in [0.1, 0.15) is 11.1 Å². The van der Waals surface area contributed by atoms with Crippen LogP contribution in [0.4, 0.5) is 10.5 Å². The Kier molecular flexibility index (Phi) is 6.85. The topological polar surface area (TPSA) is 82.5 Å². The van der Waals surface area contributed by atoms with E-state index in [2.05, 4.69) is 10.4 Å². The van der Waals surface area contributed by atoms with Crippen molar-refractivity contribution < 1.29 is 19.2 Å². The molecule has 8 heteroatoms. The summed E-state index contributed by atoms with van der Waals surface area (Å²) in [6.07, 6.45) is 2.12. The summed E-state index contributed by atoms with van der Waals surface area (Å²) < 4.78 is 5.30. The molecule has 0 bridgehead atoms. The molecule has 0 spiro atoms. The monoisotopic (exact) mass is 443 g/mol. The number of hydrogen-bond acceptors (Lipinski definition) is 5. The van der Waals surface area contributed by atoms with Crippen LogP contribution in [0.25, 0.3) is 10.9 Å². The van der Waals surface area contributed by atoms with Crippen LogP contribution in [-0.2, 0) is 16.0 Å². The fraction of sp³-hybridized carbons (Fsp3) is 0.348. The average Bonchev–Trinajstić information content (AvgIpc) is 3.10. The Hall–Kier alpha value is -3.06. The summed E-state index contributed by atoms with van der Waals surface area (Å²) in [4.78, 5) is 31.6. The highest BCUT2D eigenvalue weighted by Gasteiger charge is 2.22. The summed E-state index contributed by atoms with van der Waals surface area (Å²) in [5.74, 6) is -0.712. The van der Waals surface area contributed by atoms with E-state index >= 15 is 0 Å². The van der Waals surface area contributed by atoms with Gasteiger partial charge in [-0.15, -0.1) is 5.10 Å². The van der Waals surface area contributed by atoms with Crippen molar-refractivity contribution in [1.82, 2.24) is 9.94 Å². The molecular weight excluding hydrogens is 418 g/mol. The van der Waals surface area contributed by atoms with Gasteiger partial charge in [-0.1, -0.05) is 41.6 Å². The van der Waals surface area contributed by atoms with Crippen LogP contribution in [0, 0.1) is 5.92 Å². The van der Waals surface area contributed by atoms with Gasteiger partial charge in [-0.2, -0.15) is 0 Å². The number of aromatic nitrogens is 2. The maximum Gasteiger partial charge on any atom is 0.412 e. The maximum atomic E-state index is 12.8. The number of fused-ring (bicyclic) bond motifs is 1. The summed E-state index contributed by atoms with van der Waals surface area (Å²) in [5, 5.41) is 8.17. The fourth-order valence-corrected chi connectivity index (χ4v) is 3.21. The molecule has 0 saturated heterocycles. The first-order valence-corrected chi connectivity index (χ1v) is 10.5. The van der Waals surface area contributed by atoms with E-state index < -0.39 is 11.7 Å². The molecule has 1 aromatic heterocycles. The molecule has 1 N–H and O–H groups in total. The standard InChI is InChI=1S/C23H26ClN3O4/c1-5-16(13-15-9-11-17(24)12-10-15)21(28)31-27-20-8-6-7-19(18(20)14-25-27)26-22(29)30-23(2,3)4/h6-12,14,16H,5,13H2,1-4H3,(H,26,29). The largest absolute Gasteiger partial charge is 0.444 e. The molecule has 3 rings (SSSR count). The summed E-state index contributed by atoms with van der Waals surface area (Å²) >= 11 is 5.93. The number of carbonyl (C=O) groups is 2. The number of hydrogen-bond donors (Lipinski definition) is 1. The lowest BCUT2D eigenvalue weighted by Gasteiger charge is -2.19. The van der Waals surface area contributed by atoms with E-state index in [1.807, 2.05) is 19.1 Å². The lowest BCUT2D eigenvalue weighted by Crippen LogP contribution is -2.29. The number of nitrogens with one attached hydrogen (secondary N) is 1. The van der Waals surface area contributed by atoms with Crippen LogP contribution >= 0.6 is 11.6 Å². The van der Waals surface area contributed by atoms with Gasteiger partial charge in [0.15, 0.2) is 0 Å². The Balaban J connectivity index is 1.74. The van der Waals surface area contributed by atoms with Crippen molar-refractivity contribution in [3.63, 3.8) is 0 Å². The minimum atomic E-state index is -0.614. The maximum absolute atomic E-state index is 12.8. The van der Waals surface area contributed by atoms with E-state index in [1.54, 1.807) is 51.1 Å². The van der Waals surface area contributed by atoms with E-state index in [1.165, 1.54) is 11.0 Å². The van der Waals surface area contributed by atoms with Gasteiger partial charge in [0.2, 0.25) is 0 Å². The van der Waals surface area contributed by atoms with Crippen LogP contribution in [0.5, 0.6) is 0 Å². The van der Waals surface area contributed by atoms with Gasteiger partial charge in [-0.25, -0.2) is 9.59 Å². The van der Waals surface area contributed by atoms with E-state index in [-0.39, 0.29) is 11.9 Å². The number of ether oxygens (including phenoxy) is 1. The predicted octanol–water partition coefficient (Wildman–Crippen LogP) is 5.26. The molecule has 0 saturated carbocycles. The third-order valence-electron chi connectivity index (χ3n) is 4.61. The van der Waals surface area contributed by atoms with Crippen LogP contribution in [-0.4, -0.2) is 27.6 Å². The molecule has 3 aromatic rings. The van der Waals surface area contributed by atoms with Crippen molar-refractivity contribution >= 4 is 40.3 Å². The first-order chi connectivity index (χ1) is 14.7. The van der Waals surface area contributed by atoms with Gasteiger partial charge in [-0.3, -0.25) is 5.32 Å². The molecule has 2 aromatic carbocycles. The lowest BCUT2D eigenvalue weighted by atomic mass is 9.97. The van der Waals surface area contributed by atoms with Gasteiger partial charge in [-0.05, 0) is 63.4 Å². The summed E-state index contributed by atoms with van der Waals surface area (Å²) in [6, 6.07) is 12.6. The minimum Gasteiger partial charge on any atom is -0.444 e. The number of halogens is 1. The van der Waals surface area contributed by atoms with Crippen molar-refractivity contribution in [2.45, 2.75) is 46.1 Å². The van der Waals surface area contributed by atoms with Gasteiger partial charge < -0.3 is 9.57 Å². The molecular formula is C23H26ClN3O4. The minimum absolute atomic E-state index is 0.330. The normalized spacial score (nSPS) is 12.4. The van der Waals surface area contributed by atoms with Gasteiger partial charge in [0, 0.05) is 10.4 Å². The van der Waals surface area contributed by atoms with E-state index in [9.17, 15) is 9.59 Å². The van der Waals surface area contributed by atoms with Crippen LogP contribution < -0.4 is 10.2 Å². The molecule has 7 nitrogen and oxygen atoms in total. The number of benzene rings is 2. The molecule has 31 heavy (non-hydrogen) atoms. The first kappa shape index (κ1) is 22.6. The molecule has 0 aliphatic heterocycles. The van der Waals surface area contributed by atoms with E-state index in [4.69, 9.17) is 21.2 Å². The third kappa shape index (κ3) is 5.98. The number of carbonyl (C=O) groups excluding carboxylic acids is 2. The van der Waals surface area contributed by atoms with Crippen LogP contribution in [0.2, 0.25) is 5.02 Å². The summed E-state index contributed by atoms with van der Waals surface area (Å²) in [6.45, 7) is 7.31. The Morgan fingerprint density at radius 3 is 2.52 bits per heavy atom. The van der Waals surface area contributed by atoms with E-state index in [0.29, 0.717) is 34.5 Å². The first-order valence-electron chi connectivity index (χ1n) is 10.1. The quantitative estimate of drug-likeness (QED) is 0.561. The second-order valence-corrected chi connectivity index (χ2v) is 8.67. The third-order valence-corrected chi connectivity index (χ3v) is 4.87. The average molecular weight is 444 g/mol. The smallest absolute Gasteiger partial charge is 0.412 e. The number of anilines is 1. The van der Waals surface area contributed by atoms with Gasteiger partial charge in [0.05, 0.1) is 17.8 Å². The van der Waals surface area contributed by atoms with Crippen molar-refractivity contribution in [3.05, 3.63) is 59.2 Å². The second-order valence-electron chi connectivity index (χ2n) is 8.23. The van der Waals surface area contributed by atoms with Gasteiger partial charge in [0.25, 0.3) is 0 Å². The van der Waals surface area contributed by atoms with Crippen LogP contribution in [0.3, 0.4) is 0 Å².